The van der Waals surface area contributed by atoms with Crippen LogP contribution in [0, 0.1) is 0 Å². The fourth-order valence-corrected chi connectivity index (χ4v) is 2.23. The number of rotatable bonds is 2. The van der Waals surface area contributed by atoms with Crippen LogP contribution in [-0.4, -0.2) is 18.2 Å². The number of benzene rings is 1. The zero-order chi connectivity index (χ0) is 10.7. The van der Waals surface area contributed by atoms with Gasteiger partial charge in [-0.3, -0.25) is 0 Å². The van der Waals surface area contributed by atoms with Gasteiger partial charge in [-0.15, -0.1) is 0 Å². The molecule has 1 aromatic carbocycles. The van der Waals surface area contributed by atoms with Gasteiger partial charge in [-0.25, -0.2) is 0 Å². The van der Waals surface area contributed by atoms with E-state index in [0.717, 1.165) is 18.7 Å². The quantitative estimate of drug-likeness (QED) is 0.776. The Hall–Kier alpha value is -0.860. The first-order valence-corrected chi connectivity index (χ1v) is 5.76. The van der Waals surface area contributed by atoms with Crippen LogP contribution in [0.3, 0.4) is 0 Å². The molecule has 0 bridgehead atoms. The predicted octanol–water partition coefficient (Wildman–Crippen LogP) is 2.21. The van der Waals surface area contributed by atoms with E-state index >= 15 is 0 Å². The summed E-state index contributed by atoms with van der Waals surface area (Å²) in [5.41, 5.74) is 2.42. The standard InChI is InChI=1S/C13H19NO/c1-10(15)12-3-2-4-13(9-12)11-5-7-14-8-6-11/h2-4,9-11,14-15H,5-8H2,1H3. The minimum absolute atomic E-state index is 0.355. The first-order valence-electron chi connectivity index (χ1n) is 5.76. The molecule has 1 aliphatic heterocycles. The Labute approximate surface area is 91.3 Å². The third-order valence-corrected chi connectivity index (χ3v) is 3.20. The number of aliphatic hydroxyl groups excluding tert-OH is 1. The molecule has 2 rings (SSSR count). The molecule has 1 fully saturated rings. The first-order chi connectivity index (χ1) is 7.27. The van der Waals surface area contributed by atoms with Crippen LogP contribution in [0.15, 0.2) is 24.3 Å². The molecule has 1 atom stereocenters. The van der Waals surface area contributed by atoms with E-state index < -0.39 is 0 Å². The van der Waals surface area contributed by atoms with Gasteiger partial charge in [-0.05, 0) is 49.9 Å². The molecule has 0 aromatic heterocycles. The van der Waals surface area contributed by atoms with Gasteiger partial charge in [0.05, 0.1) is 6.10 Å². The summed E-state index contributed by atoms with van der Waals surface area (Å²) in [5, 5.41) is 12.9. The molecular weight excluding hydrogens is 186 g/mol. The molecule has 0 saturated carbocycles. The summed E-state index contributed by atoms with van der Waals surface area (Å²) >= 11 is 0. The monoisotopic (exact) mass is 205 g/mol. The average molecular weight is 205 g/mol. The van der Waals surface area contributed by atoms with Crippen LogP contribution in [-0.2, 0) is 0 Å². The van der Waals surface area contributed by atoms with Crippen LogP contribution in [0.4, 0.5) is 0 Å². The number of hydrogen-bond acceptors (Lipinski definition) is 2. The zero-order valence-electron chi connectivity index (χ0n) is 9.24. The van der Waals surface area contributed by atoms with E-state index in [4.69, 9.17) is 0 Å². The minimum Gasteiger partial charge on any atom is -0.389 e. The Kier molecular flexibility index (Phi) is 3.39. The highest BCUT2D eigenvalue weighted by Gasteiger charge is 2.15. The molecule has 1 saturated heterocycles. The van der Waals surface area contributed by atoms with E-state index in [2.05, 4.69) is 23.5 Å². The molecule has 0 radical (unpaired) electrons. The Balaban J connectivity index is 2.16. The summed E-state index contributed by atoms with van der Waals surface area (Å²) in [6.45, 7) is 4.05. The van der Waals surface area contributed by atoms with Gasteiger partial charge in [0.15, 0.2) is 0 Å². The lowest BCUT2D eigenvalue weighted by molar-refractivity contribution is 0.199. The number of hydrogen-bond donors (Lipinski definition) is 2. The SMILES string of the molecule is CC(O)c1cccc(C2CCNCC2)c1. The van der Waals surface area contributed by atoms with Gasteiger partial charge in [-0.1, -0.05) is 24.3 Å². The van der Waals surface area contributed by atoms with Crippen molar-refractivity contribution in [3.63, 3.8) is 0 Å². The molecule has 1 aromatic rings. The van der Waals surface area contributed by atoms with Crippen LogP contribution >= 0.6 is 0 Å². The summed E-state index contributed by atoms with van der Waals surface area (Å²) in [4.78, 5) is 0. The third-order valence-electron chi connectivity index (χ3n) is 3.20. The second-order valence-electron chi connectivity index (χ2n) is 4.37. The normalized spacial score (nSPS) is 20.1. The van der Waals surface area contributed by atoms with E-state index in [9.17, 15) is 5.11 Å². The molecule has 1 unspecified atom stereocenters. The lowest BCUT2D eigenvalue weighted by atomic mass is 9.89. The molecule has 1 heterocycles. The van der Waals surface area contributed by atoms with Gasteiger partial charge in [0.1, 0.15) is 0 Å². The number of piperidine rings is 1. The van der Waals surface area contributed by atoms with Crippen LogP contribution in [0.2, 0.25) is 0 Å². The first kappa shape index (κ1) is 10.7. The predicted molar refractivity (Wildman–Crippen MR) is 61.9 cm³/mol. The maximum Gasteiger partial charge on any atom is 0.0762 e. The molecule has 1 aliphatic rings. The molecular formula is C13H19NO. The highest BCUT2D eigenvalue weighted by atomic mass is 16.3. The van der Waals surface area contributed by atoms with Crippen LogP contribution in [0.25, 0.3) is 0 Å². The lowest BCUT2D eigenvalue weighted by Crippen LogP contribution is -2.26. The van der Waals surface area contributed by atoms with E-state index in [1.54, 1.807) is 0 Å². The van der Waals surface area contributed by atoms with Gasteiger partial charge in [-0.2, -0.15) is 0 Å². The number of aliphatic hydroxyl groups is 1. The topological polar surface area (TPSA) is 32.3 Å². The maximum atomic E-state index is 9.53. The fraction of sp³-hybridized carbons (Fsp3) is 0.538. The van der Waals surface area contributed by atoms with Gasteiger partial charge in [0.25, 0.3) is 0 Å². The van der Waals surface area contributed by atoms with E-state index in [1.807, 2.05) is 13.0 Å². The van der Waals surface area contributed by atoms with E-state index in [1.165, 1.54) is 18.4 Å². The Morgan fingerprint density at radius 1 is 1.33 bits per heavy atom. The molecule has 2 heteroatoms. The summed E-state index contributed by atoms with van der Waals surface area (Å²) in [6.07, 6.45) is 2.07. The fourth-order valence-electron chi connectivity index (χ4n) is 2.23. The molecule has 2 nitrogen and oxygen atoms in total. The van der Waals surface area contributed by atoms with Crippen molar-refractivity contribution >= 4 is 0 Å². The Morgan fingerprint density at radius 3 is 2.73 bits per heavy atom. The van der Waals surface area contributed by atoms with Crippen LogP contribution in [0.1, 0.15) is 42.9 Å². The average Bonchev–Trinajstić information content (AvgIpc) is 2.30. The van der Waals surface area contributed by atoms with Crippen molar-refractivity contribution in [2.24, 2.45) is 0 Å². The largest absolute Gasteiger partial charge is 0.389 e. The Morgan fingerprint density at radius 2 is 2.07 bits per heavy atom. The lowest BCUT2D eigenvalue weighted by Gasteiger charge is -2.23. The second kappa shape index (κ2) is 4.77. The maximum absolute atomic E-state index is 9.53. The van der Waals surface area contributed by atoms with Crippen molar-refractivity contribution in [3.8, 4) is 0 Å². The second-order valence-corrected chi connectivity index (χ2v) is 4.37. The van der Waals surface area contributed by atoms with Crippen molar-refractivity contribution in [1.29, 1.82) is 0 Å². The molecule has 0 aliphatic carbocycles. The summed E-state index contributed by atoms with van der Waals surface area (Å²) in [7, 11) is 0. The van der Waals surface area contributed by atoms with Gasteiger partial charge < -0.3 is 10.4 Å². The highest BCUT2D eigenvalue weighted by Crippen LogP contribution is 2.27. The summed E-state index contributed by atoms with van der Waals surface area (Å²) < 4.78 is 0. The summed E-state index contributed by atoms with van der Waals surface area (Å²) in [5.74, 6) is 0.671. The van der Waals surface area contributed by atoms with Crippen molar-refractivity contribution in [1.82, 2.24) is 5.32 Å². The molecule has 15 heavy (non-hydrogen) atoms. The van der Waals surface area contributed by atoms with Gasteiger partial charge in [0, 0.05) is 0 Å². The molecule has 82 valence electrons. The van der Waals surface area contributed by atoms with Crippen LogP contribution in [0.5, 0.6) is 0 Å². The van der Waals surface area contributed by atoms with E-state index in [-0.39, 0.29) is 6.10 Å². The van der Waals surface area contributed by atoms with Crippen LogP contribution < -0.4 is 5.32 Å². The van der Waals surface area contributed by atoms with Gasteiger partial charge >= 0.3 is 0 Å². The highest BCUT2D eigenvalue weighted by molar-refractivity contribution is 5.28. The van der Waals surface area contributed by atoms with Gasteiger partial charge in [0.2, 0.25) is 0 Å². The smallest absolute Gasteiger partial charge is 0.0762 e. The van der Waals surface area contributed by atoms with Crippen molar-refractivity contribution in [3.05, 3.63) is 35.4 Å². The van der Waals surface area contributed by atoms with E-state index in [0.29, 0.717) is 5.92 Å². The molecule has 0 spiro atoms. The molecule has 2 N–H and O–H groups in total. The third kappa shape index (κ3) is 2.58. The van der Waals surface area contributed by atoms with Crippen molar-refractivity contribution in [2.75, 3.05) is 13.1 Å². The minimum atomic E-state index is -0.355. The number of nitrogens with one attached hydrogen (secondary N) is 1. The summed E-state index contributed by atoms with van der Waals surface area (Å²) in [6, 6.07) is 8.39. The molecule has 0 amide bonds. The van der Waals surface area contributed by atoms with Crippen molar-refractivity contribution in [2.45, 2.75) is 31.8 Å². The van der Waals surface area contributed by atoms with Crippen molar-refractivity contribution < 1.29 is 5.11 Å². The Bertz CT molecular complexity index is 316. The zero-order valence-corrected chi connectivity index (χ0v) is 9.24.